The molecule has 0 aliphatic rings. The van der Waals surface area contributed by atoms with Gasteiger partial charge < -0.3 is 12.6 Å². The van der Waals surface area contributed by atoms with Gasteiger partial charge in [0.15, 0.2) is 0 Å². The van der Waals surface area contributed by atoms with Crippen LogP contribution in [0, 0.1) is 20.3 Å². The van der Waals surface area contributed by atoms with Gasteiger partial charge in [-0.15, -0.1) is 56.9 Å². The smallest absolute Gasteiger partial charge is 0.533 e. The van der Waals surface area contributed by atoms with Gasteiger partial charge in [-0.3, -0.25) is 0 Å². The summed E-state index contributed by atoms with van der Waals surface area (Å²) in [4.78, 5) is 0. The maximum atomic E-state index is 4.53. The maximum absolute atomic E-state index is 4.53. The van der Waals surface area contributed by atoms with Crippen molar-refractivity contribution in [3.05, 3.63) is 88.3 Å². The van der Waals surface area contributed by atoms with E-state index in [9.17, 15) is 0 Å². The van der Waals surface area contributed by atoms with Crippen molar-refractivity contribution in [1.29, 1.82) is 0 Å². The standard InChI is InChI=1S/2C16H21.C3H7.CH3Si.Hf/c2*1-10(2)13-8-14-6-12(5)7-16(14)15(9-13)11(3)4;1-3-2;1-2;/h2*6-11H,1-5H3;3H,1-2H3;1H,2H2;/q4*-1;+4. The summed E-state index contributed by atoms with van der Waals surface area (Å²) in [5.74, 6) is 2.42. The van der Waals surface area contributed by atoms with Crippen molar-refractivity contribution in [3.63, 3.8) is 0 Å². The zero-order valence-corrected chi connectivity index (χ0v) is 31.3. The summed E-state index contributed by atoms with van der Waals surface area (Å²) >= 11 is 0. The van der Waals surface area contributed by atoms with E-state index in [-0.39, 0.29) is 25.8 Å². The fraction of sp³-hybridized carbons (Fsp3) is 0.444. The molecule has 0 amide bonds. The number of benzene rings is 2. The second kappa shape index (κ2) is 17.3. The Morgan fingerprint density at radius 1 is 0.579 bits per heavy atom. The molecule has 0 unspecified atom stereocenters. The predicted molar refractivity (Wildman–Crippen MR) is 175 cm³/mol. The predicted octanol–water partition coefficient (Wildman–Crippen LogP) is 10.4. The zero-order valence-electron chi connectivity index (χ0n) is 26.3. The fourth-order valence-electron chi connectivity index (χ4n) is 4.67. The molecule has 0 atom stereocenters. The van der Waals surface area contributed by atoms with Crippen LogP contribution in [0.15, 0.2) is 48.5 Å². The van der Waals surface area contributed by atoms with E-state index < -0.39 is 0 Å². The normalized spacial score (nSPS) is 10.6. The number of hydrogen-bond acceptors (Lipinski definition) is 0. The Labute approximate surface area is 257 Å². The average Bonchev–Trinajstić information content (AvgIpc) is 3.39. The van der Waals surface area contributed by atoms with Crippen LogP contribution in [0.5, 0.6) is 0 Å². The summed E-state index contributed by atoms with van der Waals surface area (Å²) in [7, 11) is 1.36. The van der Waals surface area contributed by atoms with Crippen molar-refractivity contribution in [2.24, 2.45) is 0 Å². The Balaban J connectivity index is 0.000000603. The summed E-state index contributed by atoms with van der Waals surface area (Å²) in [6.07, 6.45) is 6.53. The molecule has 0 spiro atoms. The molecular weight excluding hydrogens is 639 g/mol. The number of rotatable bonds is 4. The molecule has 0 aromatic heterocycles. The van der Waals surface area contributed by atoms with Gasteiger partial charge in [-0.25, -0.2) is 9.85 Å². The molecule has 4 rings (SSSR count). The molecule has 0 heterocycles. The second-order valence-corrected chi connectivity index (χ2v) is 11.5. The van der Waals surface area contributed by atoms with Crippen LogP contribution >= 0.6 is 0 Å². The molecule has 204 valence electrons. The van der Waals surface area contributed by atoms with Crippen LogP contribution in [0.3, 0.4) is 0 Å². The quantitative estimate of drug-likeness (QED) is 0.148. The van der Waals surface area contributed by atoms with Gasteiger partial charge in [0, 0.05) is 0 Å². The van der Waals surface area contributed by atoms with E-state index in [4.69, 9.17) is 0 Å². The molecule has 0 aliphatic heterocycles. The van der Waals surface area contributed by atoms with E-state index in [2.05, 4.69) is 124 Å². The molecule has 2 heteroatoms. The first-order valence-electron chi connectivity index (χ1n) is 14.0. The molecule has 0 saturated carbocycles. The van der Waals surface area contributed by atoms with E-state index in [0.717, 1.165) is 0 Å². The van der Waals surface area contributed by atoms with E-state index >= 15 is 0 Å². The minimum atomic E-state index is 0. The van der Waals surface area contributed by atoms with Crippen LogP contribution in [0.25, 0.3) is 21.5 Å². The fourth-order valence-corrected chi connectivity index (χ4v) is 4.67. The van der Waals surface area contributed by atoms with Gasteiger partial charge in [0.25, 0.3) is 0 Å². The number of fused-ring (bicyclic) bond motifs is 2. The van der Waals surface area contributed by atoms with E-state index in [1.165, 1.54) is 64.8 Å². The van der Waals surface area contributed by atoms with Crippen molar-refractivity contribution in [2.75, 3.05) is 0 Å². The van der Waals surface area contributed by atoms with Crippen LogP contribution in [0.2, 0.25) is 0 Å². The summed E-state index contributed by atoms with van der Waals surface area (Å²) in [5.41, 5.74) is 8.66. The third kappa shape index (κ3) is 9.98. The molecule has 4 aromatic rings. The van der Waals surface area contributed by atoms with E-state index in [1.54, 1.807) is 0 Å². The largest absolute Gasteiger partial charge is 4.00 e. The van der Waals surface area contributed by atoms with Crippen molar-refractivity contribution >= 4 is 37.6 Å². The van der Waals surface area contributed by atoms with Crippen LogP contribution in [0.1, 0.15) is 126 Å². The van der Waals surface area contributed by atoms with Crippen LogP contribution in [-0.4, -0.2) is 16.0 Å². The Kier molecular flexibility index (Phi) is 16.7. The third-order valence-electron chi connectivity index (χ3n) is 6.62. The molecule has 0 bridgehead atoms. The molecule has 0 fully saturated rings. The molecular formula is C36H52HfSi. The van der Waals surface area contributed by atoms with Gasteiger partial charge in [-0.1, -0.05) is 104 Å². The molecule has 0 saturated heterocycles. The van der Waals surface area contributed by atoms with Gasteiger partial charge in [0.05, 0.1) is 0 Å². The molecule has 38 heavy (non-hydrogen) atoms. The van der Waals surface area contributed by atoms with Crippen molar-refractivity contribution in [1.82, 2.24) is 0 Å². The third-order valence-corrected chi connectivity index (χ3v) is 6.62. The molecule has 0 nitrogen and oxygen atoms in total. The van der Waals surface area contributed by atoms with Crippen LogP contribution < -0.4 is 0 Å². The first kappa shape index (κ1) is 36.6. The molecule has 0 radical (unpaired) electrons. The summed E-state index contributed by atoms with van der Waals surface area (Å²) in [6.45, 7) is 26.5. The van der Waals surface area contributed by atoms with Gasteiger partial charge in [0.2, 0.25) is 0 Å². The van der Waals surface area contributed by atoms with Crippen molar-refractivity contribution in [3.8, 4) is 0 Å². The summed E-state index contributed by atoms with van der Waals surface area (Å²) in [5, 5.41) is 5.70. The minimum Gasteiger partial charge on any atom is -0.533 e. The number of hydrogen-bond donors (Lipinski definition) is 0. The monoisotopic (exact) mass is 692 g/mol. The van der Waals surface area contributed by atoms with E-state index in [0.29, 0.717) is 23.7 Å². The summed E-state index contributed by atoms with van der Waals surface area (Å²) < 4.78 is 0. The first-order chi connectivity index (χ1) is 17.4. The topological polar surface area (TPSA) is 0 Å². The molecule has 0 N–H and O–H groups in total. The van der Waals surface area contributed by atoms with Crippen LogP contribution in [0.4, 0.5) is 0 Å². The SMILES string of the molecule is C[CH-]C.Cc1cc2c(C(C)C)cc(C(C)C)cc2[cH-]1.Cc1cc2c(C(C)C)cc(C(C)C)cc2[cH-]1.[CH-]=[SiH2].[Hf+4]. The summed E-state index contributed by atoms with van der Waals surface area (Å²) in [6, 6.07) is 18.7. The van der Waals surface area contributed by atoms with Crippen molar-refractivity contribution < 1.29 is 25.8 Å². The van der Waals surface area contributed by atoms with E-state index in [1.807, 2.05) is 20.3 Å². The maximum Gasteiger partial charge on any atom is 4.00 e. The van der Waals surface area contributed by atoms with Gasteiger partial charge in [-0.2, -0.15) is 26.0 Å². The van der Waals surface area contributed by atoms with Crippen LogP contribution in [-0.2, 0) is 25.8 Å². The Hall–Kier alpha value is -1.38. The van der Waals surface area contributed by atoms with Gasteiger partial charge >= 0.3 is 25.8 Å². The Morgan fingerprint density at radius 3 is 1.11 bits per heavy atom. The number of aryl methyl sites for hydroxylation is 2. The average molecular weight is 691 g/mol. The van der Waals surface area contributed by atoms with Gasteiger partial charge in [-0.05, 0) is 23.7 Å². The molecule has 0 aliphatic carbocycles. The molecule has 4 aromatic carbocycles. The first-order valence-corrected chi connectivity index (χ1v) is 14.8. The zero-order chi connectivity index (χ0) is 28.4. The Bertz CT molecular complexity index is 1140. The Morgan fingerprint density at radius 2 is 0.868 bits per heavy atom. The van der Waals surface area contributed by atoms with Crippen molar-refractivity contribution in [2.45, 2.75) is 107 Å². The second-order valence-electron chi connectivity index (χ2n) is 11.5. The van der Waals surface area contributed by atoms with Gasteiger partial charge in [0.1, 0.15) is 0 Å². The minimum absolute atomic E-state index is 0.